The zero-order valence-electron chi connectivity index (χ0n) is 42.5. The fraction of sp³-hybridized carbons (Fsp3) is 0.103. The van der Waals surface area contributed by atoms with E-state index >= 15 is 0 Å². The SMILES string of the molecule is COC(=O)C(=O)NNc1ccccc1OC.Cc1ccc(CNNC(=O)Cc2ccccc2)cc1.Clc1cc(Cl)c(NNC(c2ccccc2)(c2ccccc2)c2ccccc2)c(Cl)c1.O=CNNc1ccccc1[N+](=O)[O-]. The minimum atomic E-state index is -0.970. The molecule has 402 valence electrons. The van der Waals surface area contributed by atoms with Gasteiger partial charge >= 0.3 is 11.9 Å². The number of halogens is 3. The number of nitrogens with one attached hydrogen (secondary N) is 8. The van der Waals surface area contributed by atoms with Crippen LogP contribution in [0.2, 0.25) is 15.1 Å². The Balaban J connectivity index is 0.000000203. The lowest BCUT2D eigenvalue weighted by atomic mass is 9.77. The van der Waals surface area contributed by atoms with E-state index in [0.29, 0.717) is 51.6 Å². The van der Waals surface area contributed by atoms with Gasteiger partial charge in [-0.25, -0.2) is 15.6 Å². The van der Waals surface area contributed by atoms with Crippen LogP contribution in [-0.4, -0.2) is 43.3 Å². The molecule has 20 heteroatoms. The number of rotatable bonds is 18. The van der Waals surface area contributed by atoms with Gasteiger partial charge in [0.1, 0.15) is 17.0 Å². The molecule has 3 amide bonds. The molecule has 0 unspecified atom stereocenters. The van der Waals surface area contributed by atoms with Crippen molar-refractivity contribution < 1.29 is 33.6 Å². The van der Waals surface area contributed by atoms with Gasteiger partial charge in [0.2, 0.25) is 12.3 Å². The first-order chi connectivity index (χ1) is 37.8. The number of ether oxygens (including phenoxy) is 2. The summed E-state index contributed by atoms with van der Waals surface area (Å²) in [6.07, 6.45) is 0.790. The summed E-state index contributed by atoms with van der Waals surface area (Å²) in [5.41, 5.74) is 28.9. The van der Waals surface area contributed by atoms with E-state index in [4.69, 9.17) is 39.5 Å². The minimum absolute atomic E-state index is 0.0293. The maximum absolute atomic E-state index is 11.7. The van der Waals surface area contributed by atoms with Crippen LogP contribution < -0.4 is 48.1 Å². The second-order valence-corrected chi connectivity index (χ2v) is 17.6. The quantitative estimate of drug-likeness (QED) is 0.0100. The van der Waals surface area contributed by atoms with Crippen molar-refractivity contribution in [1.82, 2.24) is 27.1 Å². The molecule has 8 aromatic rings. The molecule has 8 aromatic carbocycles. The maximum Gasteiger partial charge on any atom is 0.398 e. The van der Waals surface area contributed by atoms with Crippen LogP contribution in [0.3, 0.4) is 0 Å². The van der Waals surface area contributed by atoms with Crippen LogP contribution in [0, 0.1) is 17.0 Å². The number of nitro benzene ring substituents is 1. The van der Waals surface area contributed by atoms with Crippen molar-refractivity contribution in [2.45, 2.75) is 25.4 Å². The van der Waals surface area contributed by atoms with Gasteiger partial charge in [-0.2, -0.15) is 0 Å². The number of benzene rings is 8. The van der Waals surface area contributed by atoms with Gasteiger partial charge in [-0.1, -0.05) is 210 Å². The predicted octanol–water partition coefficient (Wildman–Crippen LogP) is 10.9. The number of nitrogens with zero attached hydrogens (tertiary/aromatic N) is 1. The first-order valence-corrected chi connectivity index (χ1v) is 24.8. The third-order valence-electron chi connectivity index (χ3n) is 11.0. The second kappa shape index (κ2) is 31.8. The molecule has 0 heterocycles. The fourth-order valence-electron chi connectivity index (χ4n) is 7.24. The normalized spacial score (nSPS) is 10.2. The number of hydrogen-bond acceptors (Lipinski definition) is 13. The molecule has 0 atom stereocenters. The third kappa shape index (κ3) is 18.4. The lowest BCUT2D eigenvalue weighted by Gasteiger charge is -2.37. The number of hydrogen-bond donors (Lipinski definition) is 8. The van der Waals surface area contributed by atoms with E-state index in [-0.39, 0.29) is 17.3 Å². The molecule has 0 aliphatic heterocycles. The van der Waals surface area contributed by atoms with Crippen molar-refractivity contribution in [1.29, 1.82) is 0 Å². The standard InChI is InChI=1S/C25H19Cl3N2.C16H18N2O.C10H12N2O4.C7H7N3O3/c26-21-16-22(27)24(23(28)17-21)29-30-25(18-10-4-1-5-11-18,19-12-6-2-7-13-19)20-14-8-3-9-15-20;1-13-7-9-15(10-8-13)12-17-18-16(19)11-14-5-3-2-4-6-14;1-15-8-6-4-3-5-7(8)11-12-9(13)10(14)16-2;11-5-8-9-6-3-1-2-4-7(6)10(12)13/h1-17,29-30H;2-10,17H,11-12H2,1H3,(H,18,19);3-6,11H,1-2H3,(H,12,13);1-5,9H,(H,8,11). The molecule has 0 radical (unpaired) electrons. The molecule has 8 rings (SSSR count). The molecule has 0 fully saturated rings. The molecular weight excluding hydrogens is 1060 g/mol. The topological polar surface area (TPSA) is 226 Å². The van der Waals surface area contributed by atoms with E-state index in [9.17, 15) is 29.3 Å². The average molecular weight is 1110 g/mol. The summed E-state index contributed by atoms with van der Waals surface area (Å²) in [6, 6.07) is 64.9. The van der Waals surface area contributed by atoms with Crippen molar-refractivity contribution in [3.63, 3.8) is 0 Å². The number of hydrazine groups is 4. The Hall–Kier alpha value is -8.97. The highest BCUT2D eigenvalue weighted by Crippen LogP contribution is 2.39. The predicted molar refractivity (Wildman–Crippen MR) is 306 cm³/mol. The molecule has 0 aliphatic carbocycles. The Morgan fingerprint density at radius 3 is 1.62 bits per heavy atom. The Bertz CT molecular complexity index is 3050. The summed E-state index contributed by atoms with van der Waals surface area (Å²) >= 11 is 18.9. The number of nitro groups is 1. The lowest BCUT2D eigenvalue weighted by molar-refractivity contribution is -0.384. The van der Waals surface area contributed by atoms with Gasteiger partial charge in [-0.05, 0) is 65.1 Å². The summed E-state index contributed by atoms with van der Waals surface area (Å²) in [7, 11) is 2.63. The summed E-state index contributed by atoms with van der Waals surface area (Å²) < 4.78 is 9.27. The van der Waals surface area contributed by atoms with Gasteiger partial charge in [0.05, 0.1) is 47.0 Å². The maximum atomic E-state index is 11.7. The van der Waals surface area contributed by atoms with Crippen molar-refractivity contribution in [3.05, 3.63) is 265 Å². The van der Waals surface area contributed by atoms with Gasteiger partial charge in [0.25, 0.3) is 5.69 Å². The zero-order valence-corrected chi connectivity index (χ0v) is 44.7. The molecule has 0 aliphatic rings. The highest BCUT2D eigenvalue weighted by molar-refractivity contribution is 6.41. The van der Waals surface area contributed by atoms with Crippen LogP contribution in [-0.2, 0) is 42.4 Å². The molecular formula is C58H56Cl3N9O8. The number of carbonyl (C=O) groups excluding carboxylic acids is 4. The largest absolute Gasteiger partial charge is 0.495 e. The summed E-state index contributed by atoms with van der Waals surface area (Å²) in [4.78, 5) is 53.3. The Morgan fingerprint density at radius 1 is 0.603 bits per heavy atom. The molecule has 78 heavy (non-hydrogen) atoms. The van der Waals surface area contributed by atoms with Crippen LogP contribution in [0.25, 0.3) is 0 Å². The molecule has 0 saturated heterocycles. The molecule has 8 N–H and O–H groups in total. The van der Waals surface area contributed by atoms with Gasteiger partial charge < -0.3 is 14.9 Å². The van der Waals surface area contributed by atoms with E-state index in [1.807, 2.05) is 97.1 Å². The minimum Gasteiger partial charge on any atom is -0.495 e. The fourth-order valence-corrected chi connectivity index (χ4v) is 8.15. The van der Waals surface area contributed by atoms with Crippen molar-refractivity contribution in [3.8, 4) is 5.75 Å². The number of amides is 3. The highest BCUT2D eigenvalue weighted by atomic mass is 35.5. The lowest BCUT2D eigenvalue weighted by Crippen LogP contribution is -2.47. The number of esters is 1. The van der Waals surface area contributed by atoms with Crippen molar-refractivity contribution in [2.75, 3.05) is 30.5 Å². The highest BCUT2D eigenvalue weighted by Gasteiger charge is 2.36. The summed E-state index contributed by atoms with van der Waals surface area (Å²) in [5.74, 6) is -1.33. The van der Waals surface area contributed by atoms with Gasteiger partial charge in [-0.15, -0.1) is 0 Å². The van der Waals surface area contributed by atoms with E-state index in [1.165, 1.54) is 24.8 Å². The number of para-hydroxylation sites is 4. The smallest absolute Gasteiger partial charge is 0.398 e. The van der Waals surface area contributed by atoms with Crippen molar-refractivity contribution in [2.24, 2.45) is 0 Å². The van der Waals surface area contributed by atoms with Crippen LogP contribution in [0.4, 0.5) is 22.7 Å². The Morgan fingerprint density at radius 2 is 1.10 bits per heavy atom. The molecule has 0 saturated carbocycles. The van der Waals surface area contributed by atoms with E-state index in [0.717, 1.165) is 34.9 Å². The zero-order chi connectivity index (χ0) is 56.1. The number of methoxy groups -OCH3 is 2. The van der Waals surface area contributed by atoms with E-state index < -0.39 is 22.3 Å². The van der Waals surface area contributed by atoms with Crippen LogP contribution in [0.15, 0.2) is 206 Å². The molecule has 17 nitrogen and oxygen atoms in total. The first kappa shape index (κ1) is 59.9. The average Bonchev–Trinajstić information content (AvgIpc) is 3.51. The van der Waals surface area contributed by atoms with Crippen LogP contribution >= 0.6 is 34.8 Å². The Labute approximate surface area is 466 Å². The Kier molecular flexibility index (Phi) is 24.4. The molecule has 0 bridgehead atoms. The second-order valence-electron chi connectivity index (χ2n) is 16.3. The monoisotopic (exact) mass is 1110 g/mol. The summed E-state index contributed by atoms with van der Waals surface area (Å²) in [6.45, 7) is 2.68. The van der Waals surface area contributed by atoms with Crippen LogP contribution in [0.5, 0.6) is 5.75 Å². The third-order valence-corrected chi connectivity index (χ3v) is 11.8. The van der Waals surface area contributed by atoms with Gasteiger partial charge in [-0.3, -0.25) is 51.6 Å². The van der Waals surface area contributed by atoms with E-state index in [2.05, 4.69) is 104 Å². The van der Waals surface area contributed by atoms with Gasteiger partial charge in [0, 0.05) is 17.6 Å². The first-order valence-electron chi connectivity index (χ1n) is 23.7. The number of carbonyl (C=O) groups is 4. The number of anilines is 3. The number of aryl methyl sites for hydroxylation is 1. The van der Waals surface area contributed by atoms with Gasteiger partial charge in [0.15, 0.2) is 0 Å². The van der Waals surface area contributed by atoms with E-state index in [1.54, 1.807) is 48.5 Å². The molecule has 0 spiro atoms. The van der Waals surface area contributed by atoms with Crippen molar-refractivity contribution >= 4 is 81.7 Å². The molecule has 0 aromatic heterocycles. The van der Waals surface area contributed by atoms with Crippen LogP contribution in [0.1, 0.15) is 33.4 Å². The summed E-state index contributed by atoms with van der Waals surface area (Å²) in [5, 5.41) is 11.8.